The number of hydrogen-bond donors (Lipinski definition) is 0. The topological polar surface area (TPSA) is 61.3 Å². The Morgan fingerprint density at radius 1 is 1.25 bits per heavy atom. The molecule has 1 aromatic heterocycles. The standard InChI is InChI=1S/C10H13F3N2O3P.Y/c1-3-17-19(16,18-4-2)6-8-5-9(10(11,12)13)15-7-14-8;/h5H,3-4,6H2,1-2H3;/q-1;. The number of aromatic nitrogens is 2. The molecule has 1 radical (unpaired) electrons. The Kier molecular flexibility index (Phi) is 8.59. The molecule has 0 amide bonds. The van der Waals surface area contributed by atoms with Crippen LogP contribution in [0.2, 0.25) is 0 Å². The number of hydrogen-bond acceptors (Lipinski definition) is 5. The average Bonchev–Trinajstić information content (AvgIpc) is 2.28. The quantitative estimate of drug-likeness (QED) is 0.556. The minimum absolute atomic E-state index is 0. The molecular weight excluding hydrogens is 373 g/mol. The van der Waals surface area contributed by atoms with E-state index in [1.165, 1.54) is 0 Å². The van der Waals surface area contributed by atoms with Crippen LogP contribution >= 0.6 is 7.60 Å². The first kappa shape index (κ1) is 20.1. The van der Waals surface area contributed by atoms with Crippen LogP contribution in [0.3, 0.4) is 0 Å². The van der Waals surface area contributed by atoms with E-state index in [1.54, 1.807) is 13.8 Å². The molecule has 0 N–H and O–H groups in total. The fraction of sp³-hybridized carbons (Fsp3) is 0.600. The summed E-state index contributed by atoms with van der Waals surface area (Å²) in [5.41, 5.74) is -1.23. The predicted molar refractivity (Wildman–Crippen MR) is 60.4 cm³/mol. The largest absolute Gasteiger partial charge is 0.385 e. The first-order valence-electron chi connectivity index (χ1n) is 5.50. The minimum atomic E-state index is -4.60. The van der Waals surface area contributed by atoms with E-state index in [2.05, 4.69) is 9.97 Å². The molecule has 0 atom stereocenters. The second kappa shape index (κ2) is 8.54. The third kappa shape index (κ3) is 6.27. The molecule has 1 heterocycles. The Bertz CT molecular complexity index is 463. The van der Waals surface area contributed by atoms with E-state index in [4.69, 9.17) is 9.05 Å². The molecule has 1 rings (SSSR count). The molecule has 0 aliphatic heterocycles. The van der Waals surface area contributed by atoms with Gasteiger partial charge in [-0.1, -0.05) is 5.69 Å². The van der Waals surface area contributed by atoms with Gasteiger partial charge in [-0.3, -0.25) is 4.57 Å². The van der Waals surface area contributed by atoms with E-state index in [9.17, 15) is 17.7 Å². The van der Waals surface area contributed by atoms with Crippen molar-refractivity contribution >= 4 is 7.60 Å². The maximum absolute atomic E-state index is 12.5. The van der Waals surface area contributed by atoms with E-state index < -0.39 is 19.5 Å². The molecule has 0 spiro atoms. The normalized spacial score (nSPS) is 12.1. The van der Waals surface area contributed by atoms with E-state index in [1.807, 2.05) is 6.33 Å². The van der Waals surface area contributed by atoms with Crippen molar-refractivity contribution in [2.75, 3.05) is 13.2 Å². The summed E-state index contributed by atoms with van der Waals surface area (Å²) in [7, 11) is -3.49. The average molecular weight is 386 g/mol. The molecule has 1 aromatic rings. The van der Waals surface area contributed by atoms with Gasteiger partial charge in [0.25, 0.3) is 0 Å². The Hall–Kier alpha value is 0.124. The molecule has 0 aliphatic rings. The molecule has 5 nitrogen and oxygen atoms in total. The van der Waals surface area contributed by atoms with Gasteiger partial charge in [-0.05, 0) is 13.8 Å². The first-order valence-corrected chi connectivity index (χ1v) is 7.23. The van der Waals surface area contributed by atoms with Gasteiger partial charge in [-0.15, -0.1) is 6.07 Å². The zero-order chi connectivity index (χ0) is 14.5. The van der Waals surface area contributed by atoms with Crippen LogP contribution in [0.25, 0.3) is 0 Å². The summed E-state index contributed by atoms with van der Waals surface area (Å²) < 4.78 is 59.5. The van der Waals surface area contributed by atoms with Gasteiger partial charge >= 0.3 is 13.8 Å². The molecule has 0 saturated carbocycles. The Morgan fingerprint density at radius 3 is 2.25 bits per heavy atom. The molecule has 111 valence electrons. The summed E-state index contributed by atoms with van der Waals surface area (Å²) in [5, 5.41) is 0. The number of alkyl halides is 3. The van der Waals surface area contributed by atoms with Crippen LogP contribution in [0.15, 0.2) is 6.07 Å². The Balaban J connectivity index is 0.00000361. The Morgan fingerprint density at radius 2 is 1.80 bits per heavy atom. The third-order valence-corrected chi connectivity index (χ3v) is 3.98. The molecule has 10 heteroatoms. The van der Waals surface area contributed by atoms with Crippen LogP contribution in [0, 0.1) is 6.33 Å². The summed E-state index contributed by atoms with van der Waals surface area (Å²) in [5.74, 6) is 0. The predicted octanol–water partition coefficient (Wildman–Crippen LogP) is 3.06. The van der Waals surface area contributed by atoms with Gasteiger partial charge in [-0.2, -0.15) is 13.2 Å². The summed E-state index contributed by atoms with van der Waals surface area (Å²) in [6.45, 7) is 3.47. The van der Waals surface area contributed by atoms with Crippen molar-refractivity contribution in [3.63, 3.8) is 0 Å². The van der Waals surface area contributed by atoms with Crippen LogP contribution in [0.1, 0.15) is 25.2 Å². The minimum Gasteiger partial charge on any atom is -0.370 e. The second-order valence-electron chi connectivity index (χ2n) is 3.45. The van der Waals surface area contributed by atoms with Gasteiger partial charge in [0.2, 0.25) is 0 Å². The number of rotatable bonds is 6. The van der Waals surface area contributed by atoms with Crippen LogP contribution < -0.4 is 0 Å². The molecule has 0 bridgehead atoms. The smallest absolute Gasteiger partial charge is 0.370 e. The van der Waals surface area contributed by atoms with E-state index in [0.29, 0.717) is 6.07 Å². The van der Waals surface area contributed by atoms with Gasteiger partial charge in [0, 0.05) is 50.9 Å². The molecule has 0 aliphatic carbocycles. The van der Waals surface area contributed by atoms with Crippen molar-refractivity contribution in [3.8, 4) is 0 Å². The summed E-state index contributed by atoms with van der Waals surface area (Å²) in [6.07, 6.45) is -3.06. The molecule has 0 saturated heterocycles. The van der Waals surface area contributed by atoms with Crippen LogP contribution in [0.4, 0.5) is 13.2 Å². The fourth-order valence-corrected chi connectivity index (χ4v) is 2.91. The monoisotopic (exact) mass is 386 g/mol. The van der Waals surface area contributed by atoms with E-state index in [0.717, 1.165) is 0 Å². The van der Waals surface area contributed by atoms with Crippen LogP contribution in [-0.2, 0) is 58.7 Å². The van der Waals surface area contributed by atoms with Crippen molar-refractivity contribution < 1.29 is 59.5 Å². The van der Waals surface area contributed by atoms with E-state index in [-0.39, 0.29) is 57.8 Å². The SMILES string of the molecule is CCOP(=O)(Cc1cc(C(F)(F)F)n[c-]n1)OCC.[Y]. The molecule has 0 unspecified atom stereocenters. The fourth-order valence-electron chi connectivity index (χ4n) is 1.31. The van der Waals surface area contributed by atoms with Crippen molar-refractivity contribution in [2.45, 2.75) is 26.2 Å². The second-order valence-corrected chi connectivity index (χ2v) is 5.50. The van der Waals surface area contributed by atoms with Crippen molar-refractivity contribution in [2.24, 2.45) is 0 Å². The summed E-state index contributed by atoms with van der Waals surface area (Å²) in [4.78, 5) is 6.53. The van der Waals surface area contributed by atoms with Gasteiger partial charge in [0.05, 0.1) is 13.2 Å². The van der Waals surface area contributed by atoms with E-state index >= 15 is 0 Å². The maximum atomic E-state index is 12.5. The Labute approximate surface area is 140 Å². The van der Waals surface area contributed by atoms with Crippen LogP contribution in [0.5, 0.6) is 0 Å². The van der Waals surface area contributed by atoms with Crippen LogP contribution in [-0.4, -0.2) is 23.2 Å². The molecule has 20 heavy (non-hydrogen) atoms. The maximum Gasteiger partial charge on any atom is 0.385 e. The zero-order valence-electron chi connectivity index (χ0n) is 11.0. The molecular formula is C10H13F3N2O3PY-. The summed E-state index contributed by atoms with van der Waals surface area (Å²) >= 11 is 0. The van der Waals surface area contributed by atoms with Gasteiger partial charge in [0.1, 0.15) is 0 Å². The third-order valence-electron chi connectivity index (χ3n) is 1.97. The molecule has 0 fully saturated rings. The summed E-state index contributed by atoms with van der Waals surface area (Å²) in [6, 6.07) is 0.710. The van der Waals surface area contributed by atoms with Gasteiger partial charge in [0.15, 0.2) is 0 Å². The van der Waals surface area contributed by atoms with Crippen molar-refractivity contribution in [1.29, 1.82) is 0 Å². The zero-order valence-corrected chi connectivity index (χ0v) is 14.7. The van der Waals surface area contributed by atoms with Crippen molar-refractivity contribution in [3.05, 3.63) is 23.8 Å². The van der Waals surface area contributed by atoms with Crippen molar-refractivity contribution in [1.82, 2.24) is 9.97 Å². The number of nitrogens with zero attached hydrogens (tertiary/aromatic N) is 2. The van der Waals surface area contributed by atoms with Gasteiger partial charge < -0.3 is 19.0 Å². The van der Waals surface area contributed by atoms with Gasteiger partial charge in [-0.25, -0.2) is 0 Å². The molecule has 0 aromatic carbocycles. The first-order chi connectivity index (χ1) is 8.80. The number of halogens is 3.